The summed E-state index contributed by atoms with van der Waals surface area (Å²) in [5.74, 6) is 1.17. The van der Waals surface area contributed by atoms with E-state index < -0.39 is 10.0 Å². The summed E-state index contributed by atoms with van der Waals surface area (Å²) in [6.07, 6.45) is 0. The number of benzene rings is 1. The summed E-state index contributed by atoms with van der Waals surface area (Å²) in [4.78, 5) is 14.2. The van der Waals surface area contributed by atoms with E-state index in [-0.39, 0.29) is 22.7 Å². The molecule has 2 aromatic heterocycles. The summed E-state index contributed by atoms with van der Waals surface area (Å²) < 4.78 is 29.0. The van der Waals surface area contributed by atoms with Gasteiger partial charge in [-0.1, -0.05) is 36.4 Å². The Bertz CT molecular complexity index is 1080. The minimum Gasteiger partial charge on any atom is -0.332 e. The van der Waals surface area contributed by atoms with Gasteiger partial charge in [0, 0.05) is 12.1 Å². The van der Waals surface area contributed by atoms with Gasteiger partial charge in [-0.05, 0) is 18.4 Å². The summed E-state index contributed by atoms with van der Waals surface area (Å²) in [5, 5.41) is 10.2. The third-order valence-electron chi connectivity index (χ3n) is 4.58. The first-order valence-electron chi connectivity index (χ1n) is 8.76. The fourth-order valence-electron chi connectivity index (χ4n) is 3.26. The Morgan fingerprint density at radius 1 is 1.21 bits per heavy atom. The van der Waals surface area contributed by atoms with E-state index in [4.69, 9.17) is 0 Å². The van der Waals surface area contributed by atoms with Crippen LogP contribution in [0.15, 0.2) is 52.1 Å². The third kappa shape index (κ3) is 3.58. The Morgan fingerprint density at radius 2 is 2.00 bits per heavy atom. The number of hydrogen-bond acceptors (Lipinski definition) is 6. The zero-order valence-corrected chi connectivity index (χ0v) is 16.8. The smallest absolute Gasteiger partial charge is 0.250 e. The van der Waals surface area contributed by atoms with Crippen LogP contribution in [0.5, 0.6) is 0 Å². The predicted octanol–water partition coefficient (Wildman–Crippen LogP) is 1.89. The maximum absolute atomic E-state index is 12.6. The van der Waals surface area contributed by atoms with Gasteiger partial charge in [0.1, 0.15) is 4.21 Å². The van der Waals surface area contributed by atoms with Gasteiger partial charge in [-0.25, -0.2) is 13.1 Å². The molecule has 1 aliphatic rings. The molecule has 0 fully saturated rings. The largest absolute Gasteiger partial charge is 0.332 e. The van der Waals surface area contributed by atoms with Crippen LogP contribution in [-0.2, 0) is 21.4 Å². The zero-order chi connectivity index (χ0) is 19.7. The monoisotopic (exact) mass is 417 g/mol. The van der Waals surface area contributed by atoms with Crippen molar-refractivity contribution < 1.29 is 13.2 Å². The van der Waals surface area contributed by atoms with E-state index in [1.807, 2.05) is 41.8 Å². The molecule has 28 heavy (non-hydrogen) atoms. The molecule has 0 saturated heterocycles. The molecule has 3 aromatic rings. The standard InChI is InChI=1S/C18H19N5O3S2/c1-13-11-22(16(24)10-19-28(25,26)17-8-5-9-27-17)12-15-20-21-18(23(13)15)14-6-3-2-4-7-14/h2-9,13,19H,10-12H2,1H3/t13-/m0/s1. The van der Waals surface area contributed by atoms with E-state index in [2.05, 4.69) is 14.9 Å². The van der Waals surface area contributed by atoms with Gasteiger partial charge in [0.15, 0.2) is 11.6 Å². The van der Waals surface area contributed by atoms with Crippen molar-refractivity contribution >= 4 is 27.3 Å². The summed E-state index contributed by atoms with van der Waals surface area (Å²) >= 11 is 1.11. The number of nitrogens with zero attached hydrogens (tertiary/aromatic N) is 4. The highest BCUT2D eigenvalue weighted by molar-refractivity contribution is 7.91. The van der Waals surface area contributed by atoms with Gasteiger partial charge in [0.05, 0.1) is 19.1 Å². The molecule has 8 nitrogen and oxygen atoms in total. The van der Waals surface area contributed by atoms with Gasteiger partial charge in [-0.3, -0.25) is 4.79 Å². The molecule has 146 valence electrons. The van der Waals surface area contributed by atoms with Crippen molar-refractivity contribution in [2.75, 3.05) is 13.1 Å². The van der Waals surface area contributed by atoms with Crippen LogP contribution in [0.25, 0.3) is 11.4 Å². The van der Waals surface area contributed by atoms with Crippen molar-refractivity contribution in [2.45, 2.75) is 23.7 Å². The quantitative estimate of drug-likeness (QED) is 0.684. The molecule has 0 bridgehead atoms. The van der Waals surface area contributed by atoms with Crippen molar-refractivity contribution in [3.05, 3.63) is 53.7 Å². The summed E-state index contributed by atoms with van der Waals surface area (Å²) in [6, 6.07) is 12.9. The Kier molecular flexibility index (Phi) is 5.00. The molecule has 1 amide bonds. The second-order valence-corrected chi connectivity index (χ2v) is 9.50. The van der Waals surface area contributed by atoms with Crippen LogP contribution in [0.1, 0.15) is 18.8 Å². The first-order chi connectivity index (χ1) is 13.5. The van der Waals surface area contributed by atoms with E-state index in [0.717, 1.165) is 22.7 Å². The number of amides is 1. The van der Waals surface area contributed by atoms with E-state index in [1.54, 1.807) is 16.3 Å². The lowest BCUT2D eigenvalue weighted by atomic mass is 10.1. The van der Waals surface area contributed by atoms with Gasteiger partial charge in [-0.2, -0.15) is 0 Å². The molecule has 0 radical (unpaired) electrons. The highest BCUT2D eigenvalue weighted by Gasteiger charge is 2.30. The molecule has 0 aliphatic carbocycles. The highest BCUT2D eigenvalue weighted by Crippen LogP contribution is 2.27. The zero-order valence-electron chi connectivity index (χ0n) is 15.1. The van der Waals surface area contributed by atoms with E-state index in [9.17, 15) is 13.2 Å². The SMILES string of the molecule is C[C@H]1CN(C(=O)CNS(=O)(=O)c2cccs2)Cc2nnc(-c3ccccc3)n21. The van der Waals surface area contributed by atoms with Gasteiger partial charge >= 0.3 is 0 Å². The highest BCUT2D eigenvalue weighted by atomic mass is 32.2. The molecule has 1 N–H and O–H groups in total. The average molecular weight is 418 g/mol. The van der Waals surface area contributed by atoms with Gasteiger partial charge in [0.2, 0.25) is 5.91 Å². The van der Waals surface area contributed by atoms with Crippen LogP contribution >= 0.6 is 11.3 Å². The van der Waals surface area contributed by atoms with Crippen LogP contribution in [-0.4, -0.2) is 47.1 Å². The molecule has 4 rings (SSSR count). The fraction of sp³-hybridized carbons (Fsp3) is 0.278. The van der Waals surface area contributed by atoms with Gasteiger partial charge < -0.3 is 9.47 Å². The van der Waals surface area contributed by atoms with Crippen LogP contribution in [0.2, 0.25) is 0 Å². The maximum atomic E-state index is 12.6. The number of carbonyl (C=O) groups is 1. The molecule has 1 aromatic carbocycles. The Morgan fingerprint density at radius 3 is 2.71 bits per heavy atom. The number of fused-ring (bicyclic) bond motifs is 1. The number of carbonyl (C=O) groups excluding carboxylic acids is 1. The second kappa shape index (κ2) is 7.46. The molecule has 3 heterocycles. The van der Waals surface area contributed by atoms with Crippen molar-refractivity contribution in [1.29, 1.82) is 0 Å². The van der Waals surface area contributed by atoms with E-state index in [0.29, 0.717) is 18.9 Å². The Balaban J connectivity index is 1.48. The number of aromatic nitrogens is 3. The second-order valence-electron chi connectivity index (χ2n) is 6.56. The first kappa shape index (κ1) is 18.8. The molecular weight excluding hydrogens is 398 g/mol. The molecule has 0 unspecified atom stereocenters. The number of thiophene rings is 1. The topological polar surface area (TPSA) is 97.2 Å². The van der Waals surface area contributed by atoms with Crippen LogP contribution in [0.3, 0.4) is 0 Å². The average Bonchev–Trinajstić information content (AvgIpc) is 3.37. The van der Waals surface area contributed by atoms with Crippen molar-refractivity contribution in [3.63, 3.8) is 0 Å². The van der Waals surface area contributed by atoms with Crippen LogP contribution in [0, 0.1) is 0 Å². The number of hydrogen-bond donors (Lipinski definition) is 1. The molecule has 10 heteroatoms. The van der Waals surface area contributed by atoms with Crippen molar-refractivity contribution in [3.8, 4) is 11.4 Å². The van der Waals surface area contributed by atoms with Gasteiger partial charge in [0.25, 0.3) is 10.0 Å². The molecule has 1 aliphatic heterocycles. The summed E-state index contributed by atoms with van der Waals surface area (Å²) in [6.45, 7) is 2.47. The minimum absolute atomic E-state index is 0.0215. The number of sulfonamides is 1. The molecular formula is C18H19N5O3S2. The summed E-state index contributed by atoms with van der Waals surface area (Å²) in [7, 11) is -3.67. The third-order valence-corrected chi connectivity index (χ3v) is 7.38. The van der Waals surface area contributed by atoms with E-state index >= 15 is 0 Å². The maximum Gasteiger partial charge on any atom is 0.250 e. The van der Waals surface area contributed by atoms with Gasteiger partial charge in [-0.15, -0.1) is 21.5 Å². The Labute approximate surface area is 166 Å². The normalized spacial score (nSPS) is 16.8. The lowest BCUT2D eigenvalue weighted by molar-refractivity contribution is -0.131. The number of nitrogens with one attached hydrogen (secondary N) is 1. The minimum atomic E-state index is -3.67. The van der Waals surface area contributed by atoms with Crippen molar-refractivity contribution in [2.24, 2.45) is 0 Å². The summed E-state index contributed by atoms with van der Waals surface area (Å²) in [5.41, 5.74) is 0.969. The van der Waals surface area contributed by atoms with E-state index in [1.165, 1.54) is 6.07 Å². The molecule has 1 atom stereocenters. The predicted molar refractivity (Wildman–Crippen MR) is 105 cm³/mol. The number of rotatable bonds is 5. The first-order valence-corrected chi connectivity index (χ1v) is 11.1. The van der Waals surface area contributed by atoms with Crippen molar-refractivity contribution in [1.82, 2.24) is 24.4 Å². The lowest BCUT2D eigenvalue weighted by Gasteiger charge is -2.32. The lowest BCUT2D eigenvalue weighted by Crippen LogP contribution is -2.45. The Hall–Kier alpha value is -2.56. The molecule has 0 spiro atoms. The fourth-order valence-corrected chi connectivity index (χ4v) is 5.27. The van der Waals surface area contributed by atoms with Crippen LogP contribution < -0.4 is 4.72 Å². The van der Waals surface area contributed by atoms with Crippen LogP contribution in [0.4, 0.5) is 0 Å². The molecule has 0 saturated carbocycles.